The van der Waals surface area contributed by atoms with Gasteiger partial charge in [0.15, 0.2) is 5.13 Å². The first kappa shape index (κ1) is 24.1. The first-order valence-corrected chi connectivity index (χ1v) is 10.8. The molecule has 2 aromatic rings. The second-order valence-corrected chi connectivity index (χ2v) is 8.76. The summed E-state index contributed by atoms with van der Waals surface area (Å²) in [5, 5.41) is 7.93. The van der Waals surface area contributed by atoms with Crippen molar-refractivity contribution in [1.82, 2.24) is 21.2 Å². The Morgan fingerprint density at radius 2 is 1.77 bits per heavy atom. The van der Waals surface area contributed by atoms with E-state index in [4.69, 9.17) is 4.74 Å². The smallest absolute Gasteiger partial charge is 0.426 e. The van der Waals surface area contributed by atoms with Gasteiger partial charge in [-0.05, 0) is 51.2 Å². The number of nitrogens with one attached hydrogen (secondary N) is 4. The lowest BCUT2D eigenvalue weighted by atomic mass is 10.0. The van der Waals surface area contributed by atoms with Crippen LogP contribution < -0.4 is 21.5 Å². The van der Waals surface area contributed by atoms with E-state index in [1.54, 1.807) is 20.8 Å². The van der Waals surface area contributed by atoms with Crippen molar-refractivity contribution in [2.24, 2.45) is 0 Å². The summed E-state index contributed by atoms with van der Waals surface area (Å²) < 4.78 is 5.03. The van der Waals surface area contributed by atoms with Crippen LogP contribution in [0.4, 0.5) is 14.7 Å². The maximum atomic E-state index is 11.8. The van der Waals surface area contributed by atoms with Crippen molar-refractivity contribution in [1.29, 1.82) is 0 Å². The number of rotatable bonds is 7. The van der Waals surface area contributed by atoms with E-state index in [0.29, 0.717) is 18.1 Å². The fourth-order valence-corrected chi connectivity index (χ4v) is 3.41. The van der Waals surface area contributed by atoms with Crippen molar-refractivity contribution in [3.63, 3.8) is 0 Å². The van der Waals surface area contributed by atoms with E-state index in [1.165, 1.54) is 23.8 Å². The molecule has 10 heteroatoms. The Morgan fingerprint density at radius 1 is 1.06 bits per heavy atom. The number of nitrogens with zero attached hydrogens (tertiary/aromatic N) is 1. The predicted octanol–water partition coefficient (Wildman–Crippen LogP) is 3.17. The monoisotopic (exact) mass is 447 g/mol. The Labute approximate surface area is 185 Å². The van der Waals surface area contributed by atoms with Gasteiger partial charge in [-0.3, -0.25) is 4.79 Å². The minimum Gasteiger partial charge on any atom is -0.443 e. The molecular weight excluding hydrogens is 418 g/mol. The van der Waals surface area contributed by atoms with Gasteiger partial charge in [-0.2, -0.15) is 0 Å². The van der Waals surface area contributed by atoms with Crippen LogP contribution in [0.2, 0.25) is 0 Å². The number of hydrogen-bond acceptors (Lipinski definition) is 6. The molecule has 0 unspecified atom stereocenters. The Kier molecular flexibility index (Phi) is 8.80. The molecule has 0 atom stereocenters. The maximum absolute atomic E-state index is 11.8. The van der Waals surface area contributed by atoms with Gasteiger partial charge in [-0.1, -0.05) is 24.3 Å². The van der Waals surface area contributed by atoms with E-state index in [2.05, 4.69) is 38.6 Å². The van der Waals surface area contributed by atoms with Gasteiger partial charge in [-0.15, -0.1) is 11.3 Å². The van der Waals surface area contributed by atoms with Crippen LogP contribution in [0.3, 0.4) is 0 Å². The number of thiazole rings is 1. The fraction of sp³-hybridized carbons (Fsp3) is 0.429. The molecule has 31 heavy (non-hydrogen) atoms. The highest BCUT2D eigenvalue weighted by molar-refractivity contribution is 7.13. The van der Waals surface area contributed by atoms with E-state index in [-0.39, 0.29) is 5.91 Å². The first-order chi connectivity index (χ1) is 14.6. The number of aromatic nitrogens is 1. The van der Waals surface area contributed by atoms with Gasteiger partial charge in [-0.25, -0.2) is 25.4 Å². The third kappa shape index (κ3) is 9.94. The molecule has 0 spiro atoms. The number of hydrazine groups is 1. The maximum Gasteiger partial charge on any atom is 0.426 e. The topological polar surface area (TPSA) is 121 Å². The lowest BCUT2D eigenvalue weighted by Gasteiger charge is -2.19. The molecule has 0 bridgehead atoms. The van der Waals surface area contributed by atoms with E-state index in [9.17, 15) is 14.4 Å². The summed E-state index contributed by atoms with van der Waals surface area (Å²) in [5.41, 5.74) is 7.00. The average molecular weight is 448 g/mol. The molecule has 1 aromatic carbocycles. The third-order valence-corrected chi connectivity index (χ3v) is 4.68. The van der Waals surface area contributed by atoms with Gasteiger partial charge < -0.3 is 15.4 Å². The third-order valence-electron chi connectivity index (χ3n) is 3.87. The normalized spacial score (nSPS) is 10.8. The summed E-state index contributed by atoms with van der Waals surface area (Å²) in [5.74, 6) is -0.128. The zero-order valence-electron chi connectivity index (χ0n) is 18.2. The summed E-state index contributed by atoms with van der Waals surface area (Å²) in [6.07, 6.45) is 1.53. The Hall–Kier alpha value is -3.14. The Balaban J connectivity index is 1.72. The van der Waals surface area contributed by atoms with Crippen molar-refractivity contribution in [2.45, 2.75) is 52.6 Å². The lowest BCUT2D eigenvalue weighted by molar-refractivity contribution is -0.114. The van der Waals surface area contributed by atoms with Crippen LogP contribution in [-0.2, 0) is 28.8 Å². The van der Waals surface area contributed by atoms with Crippen LogP contribution in [0.5, 0.6) is 0 Å². The molecular formula is C21H29N5O4S. The minimum absolute atomic E-state index is 0.128. The predicted molar refractivity (Wildman–Crippen MR) is 120 cm³/mol. The molecule has 0 saturated carbocycles. The number of benzene rings is 1. The van der Waals surface area contributed by atoms with Gasteiger partial charge >= 0.3 is 12.1 Å². The Morgan fingerprint density at radius 3 is 2.45 bits per heavy atom. The van der Waals surface area contributed by atoms with Crippen LogP contribution >= 0.6 is 11.3 Å². The molecule has 1 aromatic heterocycles. The fourth-order valence-electron chi connectivity index (χ4n) is 2.62. The average Bonchev–Trinajstić information content (AvgIpc) is 3.10. The van der Waals surface area contributed by atoms with Crippen molar-refractivity contribution >= 4 is 34.5 Å². The molecule has 0 saturated heterocycles. The quantitative estimate of drug-likeness (QED) is 0.486. The molecule has 0 fully saturated rings. The lowest BCUT2D eigenvalue weighted by Crippen LogP contribution is -2.48. The number of aryl methyl sites for hydroxylation is 2. The van der Waals surface area contributed by atoms with Crippen molar-refractivity contribution in [3.05, 3.63) is 46.5 Å². The molecule has 0 aliphatic rings. The van der Waals surface area contributed by atoms with Crippen LogP contribution in [0.1, 0.15) is 44.5 Å². The molecule has 168 valence electrons. The SMILES string of the molecule is CC(=O)Nc1nc(CCc2cccc(CCNC(=O)NNC(=O)OC(C)(C)C)c2)cs1. The summed E-state index contributed by atoms with van der Waals surface area (Å²) >= 11 is 1.41. The van der Waals surface area contributed by atoms with E-state index in [1.807, 2.05) is 17.5 Å². The number of anilines is 1. The van der Waals surface area contributed by atoms with Crippen LogP contribution in [0, 0.1) is 0 Å². The second kappa shape index (κ2) is 11.3. The number of carbonyl (C=O) groups excluding carboxylic acids is 3. The van der Waals surface area contributed by atoms with E-state index < -0.39 is 17.7 Å². The second-order valence-electron chi connectivity index (χ2n) is 7.90. The molecule has 0 aliphatic carbocycles. The van der Waals surface area contributed by atoms with Gasteiger partial charge in [0, 0.05) is 18.8 Å². The molecule has 9 nitrogen and oxygen atoms in total. The molecule has 4 amide bonds. The van der Waals surface area contributed by atoms with Crippen LogP contribution in [0.25, 0.3) is 0 Å². The zero-order chi connectivity index (χ0) is 22.9. The molecule has 0 radical (unpaired) electrons. The van der Waals surface area contributed by atoms with E-state index in [0.717, 1.165) is 24.1 Å². The number of amides is 4. The van der Waals surface area contributed by atoms with E-state index >= 15 is 0 Å². The summed E-state index contributed by atoms with van der Waals surface area (Å²) in [6.45, 7) is 7.09. The Bertz CT molecular complexity index is 907. The summed E-state index contributed by atoms with van der Waals surface area (Å²) in [7, 11) is 0. The summed E-state index contributed by atoms with van der Waals surface area (Å²) in [4.78, 5) is 38.8. The molecule has 0 aliphatic heterocycles. The van der Waals surface area contributed by atoms with Crippen molar-refractivity contribution in [2.75, 3.05) is 11.9 Å². The minimum atomic E-state index is -0.723. The highest BCUT2D eigenvalue weighted by Gasteiger charge is 2.16. The number of carbonyl (C=O) groups is 3. The van der Waals surface area contributed by atoms with Gasteiger partial charge in [0.2, 0.25) is 5.91 Å². The largest absolute Gasteiger partial charge is 0.443 e. The number of hydrogen-bond donors (Lipinski definition) is 4. The van der Waals surface area contributed by atoms with Gasteiger partial charge in [0.25, 0.3) is 0 Å². The molecule has 4 N–H and O–H groups in total. The van der Waals surface area contributed by atoms with Crippen LogP contribution in [-0.4, -0.2) is 35.2 Å². The van der Waals surface area contributed by atoms with Crippen molar-refractivity contribution < 1.29 is 19.1 Å². The van der Waals surface area contributed by atoms with Gasteiger partial charge in [0.05, 0.1) is 5.69 Å². The highest BCUT2D eigenvalue weighted by Crippen LogP contribution is 2.17. The van der Waals surface area contributed by atoms with Crippen molar-refractivity contribution in [3.8, 4) is 0 Å². The summed E-state index contributed by atoms with van der Waals surface area (Å²) in [6, 6.07) is 7.62. The number of ether oxygens (including phenoxy) is 1. The molecule has 1 heterocycles. The van der Waals surface area contributed by atoms with Gasteiger partial charge in [0.1, 0.15) is 5.60 Å². The zero-order valence-corrected chi connectivity index (χ0v) is 19.0. The molecule has 2 rings (SSSR count). The number of urea groups is 1. The van der Waals surface area contributed by atoms with Crippen LogP contribution in [0.15, 0.2) is 29.6 Å². The highest BCUT2D eigenvalue weighted by atomic mass is 32.1. The first-order valence-electron chi connectivity index (χ1n) is 9.93. The standard InChI is InChI=1S/C21H29N5O4S/c1-14(27)23-19-24-17(13-31-19)9-8-15-6-5-7-16(12-15)10-11-22-18(28)25-26-20(29)30-21(2,3)4/h5-7,12-13H,8-11H2,1-4H3,(H,26,29)(H2,22,25,28)(H,23,24,27).